The number of piperidine rings is 1. The Bertz CT molecular complexity index is 447. The highest BCUT2D eigenvalue weighted by atomic mass is 16.6. The number of nitrogens with zero attached hydrogens (tertiary/aromatic N) is 2. The number of hydrogen-bond acceptors (Lipinski definition) is 4. The lowest BCUT2D eigenvalue weighted by molar-refractivity contribution is -0.384. The minimum atomic E-state index is -0.581. The zero-order valence-electron chi connectivity index (χ0n) is 11.9. The quantitative estimate of drug-likeness (QED) is 0.664. The summed E-state index contributed by atoms with van der Waals surface area (Å²) in [5, 5.41) is 20.9. The van der Waals surface area contributed by atoms with Crippen molar-refractivity contribution in [2.24, 2.45) is 0 Å². The van der Waals surface area contributed by atoms with E-state index in [-0.39, 0.29) is 5.69 Å². The van der Waals surface area contributed by atoms with Gasteiger partial charge in [0.15, 0.2) is 0 Å². The number of nitro groups is 1. The molecule has 0 radical (unpaired) electrons. The van der Waals surface area contributed by atoms with Crippen molar-refractivity contribution < 1.29 is 10.0 Å². The van der Waals surface area contributed by atoms with Gasteiger partial charge in [0.25, 0.3) is 5.69 Å². The fraction of sp³-hybridized carbons (Fsp3) is 0.600. The molecule has 1 N–H and O–H groups in total. The Morgan fingerprint density at radius 1 is 1.40 bits per heavy atom. The summed E-state index contributed by atoms with van der Waals surface area (Å²) in [5.74, 6) is 0. The first-order valence-corrected chi connectivity index (χ1v) is 7.28. The van der Waals surface area contributed by atoms with Crippen LogP contribution in [0.2, 0.25) is 0 Å². The summed E-state index contributed by atoms with van der Waals surface area (Å²) in [4.78, 5) is 12.5. The van der Waals surface area contributed by atoms with Crippen LogP contribution in [-0.2, 0) is 0 Å². The van der Waals surface area contributed by atoms with Gasteiger partial charge < -0.3 is 5.11 Å². The second-order valence-electron chi connectivity index (χ2n) is 5.42. The number of aliphatic hydroxyl groups is 1. The topological polar surface area (TPSA) is 66.6 Å². The SMILES string of the molecule is CCC1CCCCN1CC(O)c1ccc([N+](=O)[O-])cc1. The average Bonchev–Trinajstić information content (AvgIpc) is 2.48. The fourth-order valence-corrected chi connectivity index (χ4v) is 2.91. The molecule has 0 spiro atoms. The molecule has 5 nitrogen and oxygen atoms in total. The third kappa shape index (κ3) is 3.55. The third-order valence-electron chi connectivity index (χ3n) is 4.12. The lowest BCUT2D eigenvalue weighted by atomic mass is 9.98. The molecule has 0 aromatic heterocycles. The van der Waals surface area contributed by atoms with Crippen LogP contribution in [0.3, 0.4) is 0 Å². The van der Waals surface area contributed by atoms with Gasteiger partial charge in [-0.05, 0) is 43.5 Å². The van der Waals surface area contributed by atoms with E-state index in [2.05, 4.69) is 11.8 Å². The van der Waals surface area contributed by atoms with Crippen molar-refractivity contribution in [3.05, 3.63) is 39.9 Å². The van der Waals surface area contributed by atoms with E-state index >= 15 is 0 Å². The molecule has 1 aliphatic rings. The van der Waals surface area contributed by atoms with Crippen molar-refractivity contribution in [1.29, 1.82) is 0 Å². The fourth-order valence-electron chi connectivity index (χ4n) is 2.91. The largest absolute Gasteiger partial charge is 0.387 e. The van der Waals surface area contributed by atoms with E-state index in [1.165, 1.54) is 31.4 Å². The predicted molar refractivity (Wildman–Crippen MR) is 77.6 cm³/mol. The zero-order valence-corrected chi connectivity index (χ0v) is 11.9. The molecule has 0 saturated carbocycles. The minimum Gasteiger partial charge on any atom is -0.387 e. The Hall–Kier alpha value is -1.46. The molecule has 20 heavy (non-hydrogen) atoms. The summed E-state index contributed by atoms with van der Waals surface area (Å²) in [5.41, 5.74) is 0.807. The summed E-state index contributed by atoms with van der Waals surface area (Å²) in [6, 6.07) is 6.75. The maximum atomic E-state index is 10.6. The van der Waals surface area contributed by atoms with Gasteiger partial charge in [-0.2, -0.15) is 0 Å². The van der Waals surface area contributed by atoms with Gasteiger partial charge in [-0.3, -0.25) is 15.0 Å². The average molecular weight is 278 g/mol. The van der Waals surface area contributed by atoms with E-state index in [0.717, 1.165) is 18.5 Å². The van der Waals surface area contributed by atoms with Gasteiger partial charge in [-0.15, -0.1) is 0 Å². The molecular formula is C15H22N2O3. The molecule has 1 heterocycles. The number of nitro benzene ring substituents is 1. The van der Waals surface area contributed by atoms with Gasteiger partial charge in [0.05, 0.1) is 11.0 Å². The Balaban J connectivity index is 1.99. The number of rotatable bonds is 5. The van der Waals surface area contributed by atoms with Crippen molar-refractivity contribution in [1.82, 2.24) is 4.90 Å². The Morgan fingerprint density at radius 3 is 2.70 bits per heavy atom. The van der Waals surface area contributed by atoms with Crippen molar-refractivity contribution >= 4 is 5.69 Å². The number of likely N-dealkylation sites (tertiary alicyclic amines) is 1. The van der Waals surface area contributed by atoms with Crippen LogP contribution < -0.4 is 0 Å². The zero-order chi connectivity index (χ0) is 14.5. The van der Waals surface area contributed by atoms with Gasteiger partial charge in [-0.1, -0.05) is 13.3 Å². The Morgan fingerprint density at radius 2 is 2.10 bits per heavy atom. The Labute approximate surface area is 119 Å². The van der Waals surface area contributed by atoms with E-state index < -0.39 is 11.0 Å². The predicted octanol–water partition coefficient (Wildman–Crippen LogP) is 2.89. The third-order valence-corrected chi connectivity index (χ3v) is 4.12. The van der Waals surface area contributed by atoms with Gasteiger partial charge in [-0.25, -0.2) is 0 Å². The molecule has 110 valence electrons. The van der Waals surface area contributed by atoms with Crippen LogP contribution in [0.15, 0.2) is 24.3 Å². The molecule has 0 amide bonds. The molecule has 2 unspecified atom stereocenters. The number of non-ortho nitro benzene ring substituents is 1. The smallest absolute Gasteiger partial charge is 0.269 e. The first-order valence-electron chi connectivity index (χ1n) is 7.28. The lowest BCUT2D eigenvalue weighted by Gasteiger charge is -2.36. The standard InChI is InChI=1S/C15H22N2O3/c1-2-13-5-3-4-10-16(13)11-15(18)12-6-8-14(9-7-12)17(19)20/h6-9,13,15,18H,2-5,10-11H2,1H3. The number of aliphatic hydroxyl groups excluding tert-OH is 1. The monoisotopic (exact) mass is 278 g/mol. The summed E-state index contributed by atoms with van der Waals surface area (Å²) in [6.45, 7) is 3.82. The molecule has 1 aromatic rings. The van der Waals surface area contributed by atoms with E-state index in [1.807, 2.05) is 0 Å². The van der Waals surface area contributed by atoms with E-state index in [9.17, 15) is 15.2 Å². The first kappa shape index (κ1) is 14.9. The second-order valence-corrected chi connectivity index (χ2v) is 5.42. The van der Waals surface area contributed by atoms with Crippen molar-refractivity contribution in [2.45, 2.75) is 44.8 Å². The van der Waals surface area contributed by atoms with Gasteiger partial charge in [0.1, 0.15) is 0 Å². The maximum Gasteiger partial charge on any atom is 0.269 e. The molecule has 2 atom stereocenters. The molecule has 1 aromatic carbocycles. The molecular weight excluding hydrogens is 256 g/mol. The molecule has 1 aliphatic heterocycles. The number of benzene rings is 1. The van der Waals surface area contributed by atoms with Crippen LogP contribution in [0.4, 0.5) is 5.69 Å². The van der Waals surface area contributed by atoms with Crippen LogP contribution in [0, 0.1) is 10.1 Å². The van der Waals surface area contributed by atoms with Crippen LogP contribution >= 0.6 is 0 Å². The van der Waals surface area contributed by atoms with Crippen LogP contribution in [0.1, 0.15) is 44.3 Å². The maximum absolute atomic E-state index is 10.6. The summed E-state index contributed by atoms with van der Waals surface area (Å²) in [7, 11) is 0. The van der Waals surface area contributed by atoms with Crippen molar-refractivity contribution in [3.63, 3.8) is 0 Å². The molecule has 1 saturated heterocycles. The molecule has 0 aliphatic carbocycles. The minimum absolute atomic E-state index is 0.0605. The normalized spacial score (nSPS) is 21.6. The first-order chi connectivity index (χ1) is 9.61. The molecule has 0 bridgehead atoms. The number of hydrogen-bond donors (Lipinski definition) is 1. The highest BCUT2D eigenvalue weighted by Crippen LogP contribution is 2.24. The van der Waals surface area contributed by atoms with E-state index in [4.69, 9.17) is 0 Å². The highest BCUT2D eigenvalue weighted by Gasteiger charge is 2.23. The van der Waals surface area contributed by atoms with Crippen molar-refractivity contribution in [3.8, 4) is 0 Å². The van der Waals surface area contributed by atoms with E-state index in [1.54, 1.807) is 12.1 Å². The molecule has 5 heteroatoms. The van der Waals surface area contributed by atoms with Crippen LogP contribution in [0.5, 0.6) is 0 Å². The molecule has 2 rings (SSSR count). The Kier molecular flexibility index (Phi) is 5.09. The summed E-state index contributed by atoms with van der Waals surface area (Å²) < 4.78 is 0. The second kappa shape index (κ2) is 6.81. The molecule has 1 fully saturated rings. The van der Waals surface area contributed by atoms with Crippen LogP contribution in [-0.4, -0.2) is 34.1 Å². The van der Waals surface area contributed by atoms with Crippen LogP contribution in [0.25, 0.3) is 0 Å². The van der Waals surface area contributed by atoms with Gasteiger partial charge >= 0.3 is 0 Å². The highest BCUT2D eigenvalue weighted by molar-refractivity contribution is 5.33. The van der Waals surface area contributed by atoms with Crippen molar-refractivity contribution in [2.75, 3.05) is 13.1 Å². The van der Waals surface area contributed by atoms with E-state index in [0.29, 0.717) is 12.6 Å². The summed E-state index contributed by atoms with van der Waals surface area (Å²) in [6.07, 6.45) is 4.17. The van der Waals surface area contributed by atoms with Gasteiger partial charge in [0.2, 0.25) is 0 Å². The summed E-state index contributed by atoms with van der Waals surface area (Å²) >= 11 is 0. The lowest BCUT2D eigenvalue weighted by Crippen LogP contribution is -2.41. The number of β-amino-alcohol motifs (C(OH)–C–C–N with tert-alkyl or cyclic N) is 1. The van der Waals surface area contributed by atoms with Gasteiger partial charge in [0, 0.05) is 24.7 Å².